The number of aryl methyl sites for hydroxylation is 1. The first kappa shape index (κ1) is 25.5. The van der Waals surface area contributed by atoms with Crippen LogP contribution in [0.15, 0.2) is 66.9 Å². The van der Waals surface area contributed by atoms with Crippen LogP contribution in [0.4, 0.5) is 10.6 Å². The number of hydrogen-bond acceptors (Lipinski definition) is 5. The Labute approximate surface area is 216 Å². The molecule has 8 heteroatoms. The molecule has 1 saturated heterocycles. The SMILES string of the molecule is Cc1ccc(COC(=O)N2CCC(CNC(=O)c3ccnc(NCc4cccc(Cl)c4)c3)CC2)cc1. The summed E-state index contributed by atoms with van der Waals surface area (Å²) in [5.41, 5.74) is 3.74. The van der Waals surface area contributed by atoms with Crippen molar-refractivity contribution in [2.75, 3.05) is 25.0 Å². The molecule has 1 aliphatic rings. The third-order valence-corrected chi connectivity index (χ3v) is 6.53. The molecular weight excluding hydrogens is 476 g/mol. The summed E-state index contributed by atoms with van der Waals surface area (Å²) in [5.74, 6) is 0.806. The number of piperidine rings is 1. The van der Waals surface area contributed by atoms with Crippen LogP contribution in [0.2, 0.25) is 5.02 Å². The van der Waals surface area contributed by atoms with Crippen molar-refractivity contribution in [3.8, 4) is 0 Å². The van der Waals surface area contributed by atoms with Crippen LogP contribution in [0.5, 0.6) is 0 Å². The summed E-state index contributed by atoms with van der Waals surface area (Å²) < 4.78 is 5.46. The fourth-order valence-corrected chi connectivity index (χ4v) is 4.30. The van der Waals surface area contributed by atoms with Crippen LogP contribution in [0.1, 0.15) is 39.9 Å². The van der Waals surface area contributed by atoms with Crippen molar-refractivity contribution in [3.05, 3.63) is 94.1 Å². The average Bonchev–Trinajstić information content (AvgIpc) is 2.90. The van der Waals surface area contributed by atoms with E-state index in [2.05, 4.69) is 15.6 Å². The van der Waals surface area contributed by atoms with Gasteiger partial charge in [-0.2, -0.15) is 0 Å². The summed E-state index contributed by atoms with van der Waals surface area (Å²) >= 11 is 6.04. The molecular formula is C28H31ClN4O3. The van der Waals surface area contributed by atoms with Gasteiger partial charge in [-0.15, -0.1) is 0 Å². The number of carbonyl (C=O) groups is 2. The Bertz CT molecular complexity index is 1180. The molecule has 7 nitrogen and oxygen atoms in total. The number of carbonyl (C=O) groups excluding carboxylic acids is 2. The minimum Gasteiger partial charge on any atom is -0.445 e. The topological polar surface area (TPSA) is 83.6 Å². The van der Waals surface area contributed by atoms with Gasteiger partial charge in [0.1, 0.15) is 12.4 Å². The molecule has 0 aliphatic carbocycles. The fraction of sp³-hybridized carbons (Fsp3) is 0.321. The van der Waals surface area contributed by atoms with Crippen molar-refractivity contribution in [2.45, 2.75) is 32.9 Å². The van der Waals surface area contributed by atoms with Crippen molar-refractivity contribution in [2.24, 2.45) is 5.92 Å². The van der Waals surface area contributed by atoms with E-state index in [1.165, 1.54) is 5.56 Å². The number of likely N-dealkylation sites (tertiary alicyclic amines) is 1. The molecule has 188 valence electrons. The van der Waals surface area contributed by atoms with Gasteiger partial charge in [-0.3, -0.25) is 4.79 Å². The number of amides is 2. The zero-order valence-electron chi connectivity index (χ0n) is 20.4. The molecule has 0 radical (unpaired) electrons. The Morgan fingerprint density at radius 2 is 1.83 bits per heavy atom. The second-order valence-electron chi connectivity index (χ2n) is 9.09. The van der Waals surface area contributed by atoms with Crippen LogP contribution >= 0.6 is 11.6 Å². The maximum Gasteiger partial charge on any atom is 0.410 e. The van der Waals surface area contributed by atoms with Gasteiger partial charge < -0.3 is 20.3 Å². The predicted molar refractivity (Wildman–Crippen MR) is 141 cm³/mol. The third kappa shape index (κ3) is 7.46. The molecule has 0 unspecified atom stereocenters. The van der Waals surface area contributed by atoms with E-state index in [9.17, 15) is 9.59 Å². The van der Waals surface area contributed by atoms with E-state index < -0.39 is 0 Å². The highest BCUT2D eigenvalue weighted by atomic mass is 35.5. The summed E-state index contributed by atoms with van der Waals surface area (Å²) in [6.45, 7) is 4.68. The zero-order chi connectivity index (χ0) is 25.3. The Hall–Kier alpha value is -3.58. The smallest absolute Gasteiger partial charge is 0.410 e. The number of nitrogens with one attached hydrogen (secondary N) is 2. The van der Waals surface area contributed by atoms with Crippen LogP contribution in [0.25, 0.3) is 0 Å². The van der Waals surface area contributed by atoms with Gasteiger partial charge in [0.05, 0.1) is 0 Å². The summed E-state index contributed by atoms with van der Waals surface area (Å²) in [6.07, 6.45) is 2.98. The van der Waals surface area contributed by atoms with Crippen molar-refractivity contribution in [3.63, 3.8) is 0 Å². The summed E-state index contributed by atoms with van der Waals surface area (Å²) in [5, 5.41) is 6.94. The molecule has 2 aromatic carbocycles. The fourth-order valence-electron chi connectivity index (χ4n) is 4.09. The van der Waals surface area contributed by atoms with E-state index >= 15 is 0 Å². The van der Waals surface area contributed by atoms with E-state index in [1.54, 1.807) is 23.2 Å². The van der Waals surface area contributed by atoms with Crippen molar-refractivity contribution >= 4 is 29.4 Å². The first-order valence-corrected chi connectivity index (χ1v) is 12.5. The normalized spacial score (nSPS) is 13.8. The average molecular weight is 507 g/mol. The van der Waals surface area contributed by atoms with E-state index in [0.29, 0.717) is 48.5 Å². The predicted octanol–water partition coefficient (Wildman–Crippen LogP) is 5.43. The van der Waals surface area contributed by atoms with Crippen molar-refractivity contribution in [1.29, 1.82) is 0 Å². The Morgan fingerprint density at radius 3 is 2.58 bits per heavy atom. The van der Waals surface area contributed by atoms with Gasteiger partial charge in [0, 0.05) is 43.0 Å². The largest absolute Gasteiger partial charge is 0.445 e. The molecule has 0 spiro atoms. The number of anilines is 1. The van der Waals surface area contributed by atoms with Crippen LogP contribution < -0.4 is 10.6 Å². The van der Waals surface area contributed by atoms with Crippen LogP contribution in [-0.4, -0.2) is 41.5 Å². The molecule has 0 bridgehead atoms. The van der Waals surface area contributed by atoms with Gasteiger partial charge in [-0.25, -0.2) is 9.78 Å². The van der Waals surface area contributed by atoms with Crippen LogP contribution in [-0.2, 0) is 17.9 Å². The number of halogens is 1. The highest BCUT2D eigenvalue weighted by molar-refractivity contribution is 6.30. The minimum absolute atomic E-state index is 0.136. The van der Waals surface area contributed by atoms with E-state index in [0.717, 1.165) is 24.0 Å². The standard InChI is InChI=1S/C28H31ClN4O3/c1-20-5-7-22(8-6-20)19-36-28(35)33-13-10-21(11-14-33)17-32-27(34)24-9-12-30-26(16-24)31-18-23-3-2-4-25(29)15-23/h2-9,12,15-16,21H,10-11,13-14,17-19H2,1H3,(H,30,31)(H,32,34). The molecule has 0 saturated carbocycles. The molecule has 3 aromatic rings. The molecule has 1 aliphatic heterocycles. The lowest BCUT2D eigenvalue weighted by molar-refractivity contribution is 0.0801. The molecule has 1 aromatic heterocycles. The van der Waals surface area contributed by atoms with Gasteiger partial charge in [0.15, 0.2) is 0 Å². The monoisotopic (exact) mass is 506 g/mol. The van der Waals surface area contributed by atoms with Gasteiger partial charge in [-0.05, 0) is 61.1 Å². The first-order chi connectivity index (χ1) is 17.5. The molecule has 2 amide bonds. The molecule has 1 fully saturated rings. The van der Waals surface area contributed by atoms with E-state index in [4.69, 9.17) is 16.3 Å². The highest BCUT2D eigenvalue weighted by Gasteiger charge is 2.24. The summed E-state index contributed by atoms with van der Waals surface area (Å²) in [6, 6.07) is 19.0. The molecule has 2 N–H and O–H groups in total. The minimum atomic E-state index is -0.285. The zero-order valence-corrected chi connectivity index (χ0v) is 21.1. The number of hydrogen-bond donors (Lipinski definition) is 2. The quantitative estimate of drug-likeness (QED) is 0.425. The van der Waals surface area contributed by atoms with Crippen LogP contribution in [0.3, 0.4) is 0 Å². The van der Waals surface area contributed by atoms with E-state index in [1.807, 2.05) is 55.5 Å². The number of nitrogens with zero attached hydrogens (tertiary/aromatic N) is 2. The Morgan fingerprint density at radius 1 is 1.06 bits per heavy atom. The lowest BCUT2D eigenvalue weighted by Gasteiger charge is -2.31. The number of rotatable bonds is 8. The summed E-state index contributed by atoms with van der Waals surface area (Å²) in [4.78, 5) is 31.1. The number of benzene rings is 2. The Balaban J connectivity index is 1.18. The van der Waals surface area contributed by atoms with Crippen molar-refractivity contribution in [1.82, 2.24) is 15.2 Å². The first-order valence-electron chi connectivity index (χ1n) is 12.2. The van der Waals surface area contributed by atoms with Gasteiger partial charge in [0.25, 0.3) is 5.91 Å². The second kappa shape index (κ2) is 12.4. The van der Waals surface area contributed by atoms with Gasteiger partial charge in [-0.1, -0.05) is 53.6 Å². The molecule has 4 rings (SSSR count). The van der Waals surface area contributed by atoms with Crippen LogP contribution in [0, 0.1) is 12.8 Å². The number of ether oxygens (including phenoxy) is 1. The lowest BCUT2D eigenvalue weighted by Crippen LogP contribution is -2.41. The second-order valence-corrected chi connectivity index (χ2v) is 9.53. The summed E-state index contributed by atoms with van der Waals surface area (Å²) in [7, 11) is 0. The maximum atomic E-state index is 12.7. The maximum absolute atomic E-state index is 12.7. The van der Waals surface area contributed by atoms with Gasteiger partial charge >= 0.3 is 6.09 Å². The number of pyridine rings is 1. The Kier molecular flexibility index (Phi) is 8.79. The third-order valence-electron chi connectivity index (χ3n) is 6.29. The highest BCUT2D eigenvalue weighted by Crippen LogP contribution is 2.18. The molecule has 36 heavy (non-hydrogen) atoms. The van der Waals surface area contributed by atoms with E-state index in [-0.39, 0.29) is 18.6 Å². The molecule has 0 atom stereocenters. The molecule has 2 heterocycles. The van der Waals surface area contributed by atoms with Crippen molar-refractivity contribution < 1.29 is 14.3 Å². The lowest BCUT2D eigenvalue weighted by atomic mass is 9.97. The number of aromatic nitrogens is 1. The van der Waals surface area contributed by atoms with Gasteiger partial charge in [0.2, 0.25) is 0 Å².